The molecular formula is C62H128NO5W-. The van der Waals surface area contributed by atoms with E-state index in [-0.39, 0.29) is 39.8 Å². The van der Waals surface area contributed by atoms with Crippen LogP contribution >= 0.6 is 0 Å². The summed E-state index contributed by atoms with van der Waals surface area (Å²) < 4.78 is 5.15. The smallest absolute Gasteiger partial charge is 0.123 e. The summed E-state index contributed by atoms with van der Waals surface area (Å²) in [5.41, 5.74) is 0. The molecule has 3 N–H and O–H groups in total. The van der Waals surface area contributed by atoms with E-state index in [2.05, 4.69) is 46.4 Å². The summed E-state index contributed by atoms with van der Waals surface area (Å²) in [5, 5.41) is 30.8. The van der Waals surface area contributed by atoms with Gasteiger partial charge in [-0.2, -0.15) is 6.42 Å². The maximum absolute atomic E-state index is 10.9. The van der Waals surface area contributed by atoms with Crippen LogP contribution in [0, 0.1) is 12.8 Å². The van der Waals surface area contributed by atoms with Gasteiger partial charge >= 0.3 is 0 Å². The first kappa shape index (κ1) is 75.7. The number of rotatable bonds is 54. The second-order valence-electron chi connectivity index (χ2n) is 21.1. The Morgan fingerprint density at radius 1 is 0.435 bits per heavy atom. The average Bonchev–Trinajstić information content (AvgIpc) is 3.35. The van der Waals surface area contributed by atoms with Crippen LogP contribution in [0.3, 0.4) is 0 Å². The number of aliphatic hydroxyl groups is 3. The molecule has 0 spiro atoms. The normalized spacial score (nSPS) is 13.0. The zero-order chi connectivity index (χ0) is 50.7. The molecule has 0 radical (unpaired) electrons. The van der Waals surface area contributed by atoms with Crippen LogP contribution in [-0.2, 0) is 30.6 Å². The number of methoxy groups -OCH3 is 1. The molecule has 0 fully saturated rings. The van der Waals surface area contributed by atoms with Gasteiger partial charge < -0.3 is 31.8 Å². The predicted octanol–water partition coefficient (Wildman–Crippen LogP) is 18.7. The molecule has 7 heteroatoms. The summed E-state index contributed by atoms with van der Waals surface area (Å²) in [6.45, 7) is 18.0. The molecule has 4 unspecified atom stereocenters. The first-order valence-electron chi connectivity index (χ1n) is 30.8. The Kier molecular flexibility index (Phi) is 74.8. The third-order valence-corrected chi connectivity index (χ3v) is 14.3. The van der Waals surface area contributed by atoms with Gasteiger partial charge in [-0.15, -0.1) is 0 Å². The van der Waals surface area contributed by atoms with Crippen molar-refractivity contribution in [1.29, 1.82) is 0 Å². The van der Waals surface area contributed by atoms with Gasteiger partial charge in [0.1, 0.15) is 6.29 Å². The minimum absolute atomic E-state index is 0. The van der Waals surface area contributed by atoms with Gasteiger partial charge in [0.05, 0.1) is 24.9 Å². The van der Waals surface area contributed by atoms with E-state index in [1.807, 2.05) is 0 Å². The number of aldehydes is 1. The monoisotopic (exact) mass is 1150 g/mol. The summed E-state index contributed by atoms with van der Waals surface area (Å²) in [7, 11) is 1.76. The predicted molar refractivity (Wildman–Crippen MR) is 302 cm³/mol. The van der Waals surface area contributed by atoms with Gasteiger partial charge in [0.2, 0.25) is 0 Å². The number of carbonyl (C=O) groups excluding carboxylic acids is 1. The quantitative estimate of drug-likeness (QED) is 0.0319. The molecule has 418 valence electrons. The largest absolute Gasteiger partial charge is 0.395 e. The minimum atomic E-state index is -0.422. The molecule has 69 heavy (non-hydrogen) atoms. The Bertz CT molecular complexity index is 882. The van der Waals surface area contributed by atoms with Crippen LogP contribution in [0.2, 0.25) is 0 Å². The van der Waals surface area contributed by atoms with Gasteiger partial charge in [0.15, 0.2) is 0 Å². The van der Waals surface area contributed by atoms with E-state index in [0.29, 0.717) is 5.92 Å². The molecule has 4 atom stereocenters. The zero-order valence-corrected chi connectivity index (χ0v) is 50.9. The molecule has 0 aromatic rings. The van der Waals surface area contributed by atoms with Crippen molar-refractivity contribution in [1.82, 2.24) is 4.90 Å². The van der Waals surface area contributed by atoms with Gasteiger partial charge in [0, 0.05) is 40.7 Å². The fourth-order valence-electron chi connectivity index (χ4n) is 9.48. The van der Waals surface area contributed by atoms with Crippen LogP contribution in [0.5, 0.6) is 0 Å². The number of ether oxygens (including phenoxy) is 1. The average molecular weight is 1150 g/mol. The maximum atomic E-state index is 10.9. The van der Waals surface area contributed by atoms with E-state index in [9.17, 15) is 20.1 Å². The van der Waals surface area contributed by atoms with E-state index >= 15 is 0 Å². The molecule has 0 saturated carbocycles. The Labute approximate surface area is 449 Å². The second-order valence-corrected chi connectivity index (χ2v) is 21.1. The molecule has 0 aromatic carbocycles. The summed E-state index contributed by atoms with van der Waals surface area (Å²) in [6, 6.07) is -0.119. The van der Waals surface area contributed by atoms with Crippen LogP contribution in [0.15, 0.2) is 0 Å². The third-order valence-electron chi connectivity index (χ3n) is 14.3. The fourth-order valence-corrected chi connectivity index (χ4v) is 9.48. The van der Waals surface area contributed by atoms with Crippen LogP contribution < -0.4 is 0 Å². The van der Waals surface area contributed by atoms with Crippen molar-refractivity contribution in [2.45, 2.75) is 348 Å². The van der Waals surface area contributed by atoms with E-state index in [0.717, 1.165) is 90.3 Å². The number of hydrogen-bond donors (Lipinski definition) is 3. The van der Waals surface area contributed by atoms with Crippen molar-refractivity contribution in [2.24, 2.45) is 5.92 Å². The molecule has 0 aromatic heterocycles. The molecule has 0 heterocycles. The van der Waals surface area contributed by atoms with Gasteiger partial charge in [-0.05, 0) is 64.5 Å². The van der Waals surface area contributed by atoms with Crippen molar-refractivity contribution < 1.29 is 45.9 Å². The van der Waals surface area contributed by atoms with E-state index in [1.165, 1.54) is 231 Å². The standard InChI is InChI=1S/C31H64NO3.C16H32O.C15H32O.W/c1-4-6-8-10-11-12-13-14-15-16-17-18-21-25-31(34)30(29-33)32(26-22-9-7-5-2)27-23-19-20-24-28-35-3;1-3-5-7-9-10-12-14-16(15-17)13-11-8-6-4-2;1-3-5-7-9-10-12-14-15(16)13-11-8-6-4-2;/h30-31,33-34H,2,4-29H2,1,3H3;15-16H,3-14H2,1-2H3;15-16H,3-14H2,1-2H3;/q-1;;;. The summed E-state index contributed by atoms with van der Waals surface area (Å²) in [4.78, 5) is 13.3. The first-order valence-corrected chi connectivity index (χ1v) is 30.8. The van der Waals surface area contributed by atoms with Crippen molar-refractivity contribution in [3.8, 4) is 0 Å². The van der Waals surface area contributed by atoms with E-state index in [4.69, 9.17) is 4.74 Å². The number of carbonyl (C=O) groups is 1. The summed E-state index contributed by atoms with van der Waals surface area (Å²) >= 11 is 0. The van der Waals surface area contributed by atoms with E-state index < -0.39 is 6.10 Å². The molecule has 0 rings (SSSR count). The van der Waals surface area contributed by atoms with Gasteiger partial charge in [0.25, 0.3) is 0 Å². The van der Waals surface area contributed by atoms with Crippen LogP contribution in [-0.4, -0.2) is 78.2 Å². The zero-order valence-electron chi connectivity index (χ0n) is 48.0. The summed E-state index contributed by atoms with van der Waals surface area (Å²) in [5.74, 6) is 0.345. The van der Waals surface area contributed by atoms with Crippen molar-refractivity contribution >= 4 is 6.29 Å². The molecule has 6 nitrogen and oxygen atoms in total. The maximum Gasteiger partial charge on any atom is 0.123 e. The molecule has 0 bridgehead atoms. The fraction of sp³-hybridized carbons (Fsp3) is 0.968. The Hall–Kier alpha value is 0.158. The SMILES string of the molecule is CCCCCCCCC(C=O)CCCCCC.CCCCCCCCC(O)CCCCCC.[CH2-]CCCCCN(CCCCCCOC)C(CO)C(O)CCCCCCCCCCCCCCC.[W]. The van der Waals surface area contributed by atoms with Crippen LogP contribution in [0.1, 0.15) is 330 Å². The van der Waals surface area contributed by atoms with E-state index in [1.54, 1.807) is 7.11 Å². The van der Waals surface area contributed by atoms with Gasteiger partial charge in [-0.1, -0.05) is 272 Å². The number of nitrogens with zero attached hydrogens (tertiary/aromatic N) is 1. The molecular weight excluding hydrogens is 1020 g/mol. The first-order chi connectivity index (χ1) is 33.4. The molecule has 0 saturated heterocycles. The second kappa shape index (κ2) is 68.2. The van der Waals surface area contributed by atoms with Gasteiger partial charge in [-0.25, -0.2) is 0 Å². The summed E-state index contributed by atoms with van der Waals surface area (Å²) in [6.07, 6.45) is 58.6. The van der Waals surface area contributed by atoms with Gasteiger partial charge in [-0.3, -0.25) is 4.90 Å². The number of unbranched alkanes of at least 4 members (excludes halogenated alkanes) is 34. The van der Waals surface area contributed by atoms with Crippen molar-refractivity contribution in [2.75, 3.05) is 33.4 Å². The molecule has 0 amide bonds. The molecule has 0 aliphatic rings. The topological polar surface area (TPSA) is 90.2 Å². The minimum Gasteiger partial charge on any atom is -0.395 e. The number of aliphatic hydroxyl groups excluding tert-OH is 3. The third kappa shape index (κ3) is 62.4. The van der Waals surface area contributed by atoms with Crippen LogP contribution in [0.4, 0.5) is 0 Å². The van der Waals surface area contributed by atoms with Crippen molar-refractivity contribution in [3.63, 3.8) is 0 Å². The Balaban J connectivity index is -0.000000517. The Morgan fingerprint density at radius 2 is 0.739 bits per heavy atom. The molecule has 0 aliphatic carbocycles. The van der Waals surface area contributed by atoms with Crippen molar-refractivity contribution in [3.05, 3.63) is 6.92 Å². The number of hydrogen-bond acceptors (Lipinski definition) is 6. The van der Waals surface area contributed by atoms with Crippen LogP contribution in [0.25, 0.3) is 0 Å². The molecule has 0 aliphatic heterocycles. The Morgan fingerprint density at radius 3 is 1.09 bits per heavy atom.